The standard InChI is InChI=1S/C20H26FN5O3/c1-13(14-5-7-15(21)8-6-14)26-9-3-4-16(17(26)27)23-19(29)25-10-20(11-25)18(28)22-12-24(20)2/h5-8,13,16H,3-4,9-12H2,1-2H3,(H,22,28)(H,23,29). The third-order valence-electron chi connectivity index (χ3n) is 6.41. The summed E-state index contributed by atoms with van der Waals surface area (Å²) in [5, 5.41) is 5.63. The number of amides is 4. The summed E-state index contributed by atoms with van der Waals surface area (Å²) in [5.74, 6) is -0.505. The quantitative estimate of drug-likeness (QED) is 0.777. The molecule has 0 bridgehead atoms. The van der Waals surface area contributed by atoms with Crippen molar-refractivity contribution in [1.29, 1.82) is 0 Å². The van der Waals surface area contributed by atoms with Gasteiger partial charge in [0, 0.05) is 6.54 Å². The van der Waals surface area contributed by atoms with Gasteiger partial charge < -0.3 is 20.4 Å². The van der Waals surface area contributed by atoms with Crippen molar-refractivity contribution in [2.75, 3.05) is 33.4 Å². The summed E-state index contributed by atoms with van der Waals surface area (Å²) in [4.78, 5) is 42.9. The Morgan fingerprint density at radius 3 is 2.59 bits per heavy atom. The Balaban J connectivity index is 1.37. The van der Waals surface area contributed by atoms with Gasteiger partial charge >= 0.3 is 6.03 Å². The number of carbonyl (C=O) groups is 3. The second-order valence-electron chi connectivity index (χ2n) is 8.15. The van der Waals surface area contributed by atoms with Crippen LogP contribution in [0.15, 0.2) is 24.3 Å². The van der Waals surface area contributed by atoms with Crippen molar-refractivity contribution in [3.8, 4) is 0 Å². The zero-order chi connectivity index (χ0) is 20.8. The summed E-state index contributed by atoms with van der Waals surface area (Å²) in [6.45, 7) is 3.62. The Kier molecular flexibility index (Phi) is 4.94. The van der Waals surface area contributed by atoms with Gasteiger partial charge in [-0.05, 0) is 44.5 Å². The average Bonchev–Trinajstić information content (AvgIpc) is 2.97. The molecule has 3 aliphatic heterocycles. The molecule has 1 aromatic carbocycles. The molecule has 0 radical (unpaired) electrons. The third-order valence-corrected chi connectivity index (χ3v) is 6.41. The molecule has 3 heterocycles. The van der Waals surface area contributed by atoms with Crippen LogP contribution in [0.1, 0.15) is 31.4 Å². The summed E-state index contributed by atoms with van der Waals surface area (Å²) < 4.78 is 13.2. The van der Waals surface area contributed by atoms with Crippen LogP contribution in [0.2, 0.25) is 0 Å². The Labute approximate surface area is 169 Å². The van der Waals surface area contributed by atoms with E-state index >= 15 is 0 Å². The van der Waals surface area contributed by atoms with Gasteiger partial charge in [0.2, 0.25) is 11.8 Å². The minimum absolute atomic E-state index is 0.0582. The minimum Gasteiger partial charge on any atom is -0.342 e. The monoisotopic (exact) mass is 403 g/mol. The summed E-state index contributed by atoms with van der Waals surface area (Å²) in [6.07, 6.45) is 1.36. The number of piperidine rings is 1. The van der Waals surface area contributed by atoms with Crippen LogP contribution in [0.3, 0.4) is 0 Å². The van der Waals surface area contributed by atoms with Crippen molar-refractivity contribution in [1.82, 2.24) is 25.3 Å². The maximum Gasteiger partial charge on any atom is 0.318 e. The second-order valence-corrected chi connectivity index (χ2v) is 8.15. The van der Waals surface area contributed by atoms with E-state index in [4.69, 9.17) is 0 Å². The Hall–Kier alpha value is -2.68. The molecule has 1 aromatic rings. The smallest absolute Gasteiger partial charge is 0.318 e. The molecule has 1 spiro atoms. The van der Waals surface area contributed by atoms with Gasteiger partial charge in [0.05, 0.1) is 25.8 Å². The Morgan fingerprint density at radius 2 is 1.97 bits per heavy atom. The lowest BCUT2D eigenvalue weighted by atomic mass is 9.89. The van der Waals surface area contributed by atoms with E-state index in [0.29, 0.717) is 32.7 Å². The number of rotatable bonds is 3. The molecule has 4 rings (SSSR count). The number of hydrogen-bond donors (Lipinski definition) is 2. The van der Waals surface area contributed by atoms with E-state index in [1.807, 2.05) is 18.9 Å². The van der Waals surface area contributed by atoms with Crippen molar-refractivity contribution in [3.05, 3.63) is 35.6 Å². The fourth-order valence-electron chi connectivity index (χ4n) is 4.37. The van der Waals surface area contributed by atoms with Gasteiger partial charge in [0.1, 0.15) is 17.4 Å². The maximum atomic E-state index is 13.2. The van der Waals surface area contributed by atoms with E-state index in [2.05, 4.69) is 10.6 Å². The number of halogens is 1. The van der Waals surface area contributed by atoms with Crippen molar-refractivity contribution in [2.45, 2.75) is 37.4 Å². The van der Waals surface area contributed by atoms with E-state index in [1.54, 1.807) is 21.9 Å². The highest BCUT2D eigenvalue weighted by Gasteiger charge is 2.57. The number of likely N-dealkylation sites (tertiary alicyclic amines) is 2. The molecular weight excluding hydrogens is 377 g/mol. The van der Waals surface area contributed by atoms with Gasteiger partial charge in [0.15, 0.2) is 0 Å². The average molecular weight is 403 g/mol. The highest BCUT2D eigenvalue weighted by atomic mass is 19.1. The predicted octanol–water partition coefficient (Wildman–Crippen LogP) is 0.661. The number of hydrogen-bond acceptors (Lipinski definition) is 4. The van der Waals surface area contributed by atoms with Crippen LogP contribution in [-0.2, 0) is 9.59 Å². The fourth-order valence-corrected chi connectivity index (χ4v) is 4.37. The van der Waals surface area contributed by atoms with Gasteiger partial charge in [0.25, 0.3) is 0 Å². The first-order chi connectivity index (χ1) is 13.8. The number of benzene rings is 1. The van der Waals surface area contributed by atoms with Crippen molar-refractivity contribution in [2.24, 2.45) is 0 Å². The number of nitrogens with zero attached hydrogens (tertiary/aromatic N) is 3. The van der Waals surface area contributed by atoms with Crippen molar-refractivity contribution in [3.63, 3.8) is 0 Å². The number of urea groups is 1. The highest BCUT2D eigenvalue weighted by molar-refractivity contribution is 5.93. The molecule has 2 atom stereocenters. The molecule has 0 aromatic heterocycles. The molecule has 3 fully saturated rings. The van der Waals surface area contributed by atoms with Crippen LogP contribution in [0.4, 0.5) is 9.18 Å². The molecule has 2 unspecified atom stereocenters. The van der Waals surface area contributed by atoms with Crippen LogP contribution in [0.5, 0.6) is 0 Å². The van der Waals surface area contributed by atoms with Gasteiger partial charge in [-0.15, -0.1) is 0 Å². The van der Waals surface area contributed by atoms with E-state index < -0.39 is 11.6 Å². The molecule has 3 aliphatic rings. The van der Waals surface area contributed by atoms with Crippen LogP contribution in [0, 0.1) is 5.82 Å². The molecule has 8 nitrogen and oxygen atoms in total. The SMILES string of the molecule is CC(c1ccc(F)cc1)N1CCCC(NC(=O)N2CC3(C2)C(=O)NCN3C)C1=O. The van der Waals surface area contributed by atoms with Gasteiger partial charge in [-0.3, -0.25) is 14.5 Å². The van der Waals surface area contributed by atoms with Crippen molar-refractivity contribution < 1.29 is 18.8 Å². The topological polar surface area (TPSA) is 85.0 Å². The summed E-state index contributed by atoms with van der Waals surface area (Å²) in [7, 11) is 1.85. The largest absolute Gasteiger partial charge is 0.342 e. The molecule has 3 saturated heterocycles. The summed E-state index contributed by atoms with van der Waals surface area (Å²) in [6, 6.07) is 5.01. The molecule has 0 saturated carbocycles. The number of carbonyl (C=O) groups excluding carboxylic acids is 3. The zero-order valence-corrected chi connectivity index (χ0v) is 16.7. The van der Waals surface area contributed by atoms with E-state index in [1.165, 1.54) is 12.1 Å². The van der Waals surface area contributed by atoms with Crippen LogP contribution < -0.4 is 10.6 Å². The lowest BCUT2D eigenvalue weighted by molar-refractivity contribution is -0.138. The number of nitrogens with one attached hydrogen (secondary N) is 2. The molecule has 0 aliphatic carbocycles. The Morgan fingerprint density at radius 1 is 1.28 bits per heavy atom. The first-order valence-electron chi connectivity index (χ1n) is 9.93. The summed E-state index contributed by atoms with van der Waals surface area (Å²) in [5.41, 5.74) is 0.212. The molecule has 2 N–H and O–H groups in total. The van der Waals surface area contributed by atoms with E-state index in [9.17, 15) is 18.8 Å². The van der Waals surface area contributed by atoms with Crippen LogP contribution >= 0.6 is 0 Å². The lowest BCUT2D eigenvalue weighted by Gasteiger charge is -2.49. The summed E-state index contributed by atoms with van der Waals surface area (Å²) >= 11 is 0. The number of likely N-dealkylation sites (N-methyl/N-ethyl adjacent to an activating group) is 1. The van der Waals surface area contributed by atoms with Crippen LogP contribution in [-0.4, -0.2) is 77.5 Å². The van der Waals surface area contributed by atoms with E-state index in [0.717, 1.165) is 12.0 Å². The van der Waals surface area contributed by atoms with Gasteiger partial charge in [-0.2, -0.15) is 0 Å². The maximum absolute atomic E-state index is 13.2. The molecular formula is C20H26FN5O3. The highest BCUT2D eigenvalue weighted by Crippen LogP contribution is 2.30. The first-order valence-corrected chi connectivity index (χ1v) is 9.93. The minimum atomic E-state index is -0.642. The molecule has 4 amide bonds. The first kappa shape index (κ1) is 19.6. The van der Waals surface area contributed by atoms with Gasteiger partial charge in [-0.25, -0.2) is 9.18 Å². The van der Waals surface area contributed by atoms with Gasteiger partial charge in [-0.1, -0.05) is 12.1 Å². The molecule has 29 heavy (non-hydrogen) atoms. The predicted molar refractivity (Wildman–Crippen MR) is 103 cm³/mol. The third kappa shape index (κ3) is 3.33. The zero-order valence-electron chi connectivity index (χ0n) is 16.7. The van der Waals surface area contributed by atoms with Crippen molar-refractivity contribution >= 4 is 17.8 Å². The second kappa shape index (κ2) is 7.29. The fraction of sp³-hybridized carbons (Fsp3) is 0.550. The lowest BCUT2D eigenvalue weighted by Crippen LogP contribution is -2.73. The molecule has 156 valence electrons. The Bertz CT molecular complexity index is 824. The van der Waals surface area contributed by atoms with Crippen LogP contribution in [0.25, 0.3) is 0 Å². The normalized spacial score (nSPS) is 25.0. The molecule has 9 heteroatoms. The van der Waals surface area contributed by atoms with E-state index in [-0.39, 0.29) is 29.7 Å².